The Labute approximate surface area is 163 Å². The van der Waals surface area contributed by atoms with Crippen molar-refractivity contribution in [3.8, 4) is 0 Å². The van der Waals surface area contributed by atoms with Crippen molar-refractivity contribution in [1.82, 2.24) is 19.9 Å². The smallest absolute Gasteiger partial charge is 0.258 e. The summed E-state index contributed by atoms with van der Waals surface area (Å²) in [5.41, 5.74) is 2.27. The Balaban J connectivity index is 1.47. The van der Waals surface area contributed by atoms with E-state index in [9.17, 15) is 4.79 Å². The number of anilines is 1. The summed E-state index contributed by atoms with van der Waals surface area (Å²) in [6.07, 6.45) is 8.28. The molecule has 0 aromatic carbocycles. The summed E-state index contributed by atoms with van der Waals surface area (Å²) in [4.78, 5) is 28.2. The number of aromatic nitrogens is 3. The lowest BCUT2D eigenvalue weighted by molar-refractivity contribution is 0.0790. The van der Waals surface area contributed by atoms with Crippen LogP contribution in [0, 0.1) is 6.92 Å². The van der Waals surface area contributed by atoms with Crippen molar-refractivity contribution in [2.45, 2.75) is 44.6 Å². The van der Waals surface area contributed by atoms with Gasteiger partial charge in [0.05, 0.1) is 10.9 Å². The maximum Gasteiger partial charge on any atom is 0.258 e. The SMILES string of the molecule is Cc1oc2ncnc(NC3(C)CC3)c2c1C(=O)N1CCC(c2cccnc2)C1. The third-order valence-electron chi connectivity index (χ3n) is 5.93. The number of nitrogens with one attached hydrogen (secondary N) is 1. The number of rotatable bonds is 4. The van der Waals surface area contributed by atoms with Crippen molar-refractivity contribution < 1.29 is 9.21 Å². The molecule has 0 radical (unpaired) electrons. The Kier molecular flexibility index (Phi) is 3.86. The van der Waals surface area contributed by atoms with Crippen molar-refractivity contribution >= 4 is 22.8 Å². The first kappa shape index (κ1) is 17.2. The van der Waals surface area contributed by atoms with Gasteiger partial charge in [-0.3, -0.25) is 9.78 Å². The average Bonchev–Trinajstić information content (AvgIpc) is 3.10. The molecule has 3 aromatic heterocycles. The molecule has 1 saturated heterocycles. The number of fused-ring (bicyclic) bond motifs is 1. The first-order chi connectivity index (χ1) is 13.5. The summed E-state index contributed by atoms with van der Waals surface area (Å²) in [5.74, 6) is 1.58. The molecule has 1 saturated carbocycles. The average molecular weight is 377 g/mol. The standard InChI is InChI=1S/C21H23N5O2/c1-13-16(17-18(25-21(2)6-7-21)23-12-24-19(17)28-13)20(27)26-9-5-15(11-26)14-4-3-8-22-10-14/h3-4,8,10,12,15H,5-7,9,11H2,1-2H3,(H,23,24,25). The molecule has 0 spiro atoms. The highest BCUT2D eigenvalue weighted by atomic mass is 16.3. The van der Waals surface area contributed by atoms with Gasteiger partial charge in [-0.1, -0.05) is 6.07 Å². The van der Waals surface area contributed by atoms with Crippen molar-refractivity contribution in [3.63, 3.8) is 0 Å². The number of aryl methyl sites for hydroxylation is 1. The van der Waals surface area contributed by atoms with Crippen LogP contribution >= 0.6 is 0 Å². The molecule has 4 heterocycles. The van der Waals surface area contributed by atoms with Gasteiger partial charge < -0.3 is 14.6 Å². The number of pyridine rings is 1. The van der Waals surface area contributed by atoms with E-state index in [-0.39, 0.29) is 11.4 Å². The highest BCUT2D eigenvalue weighted by Crippen LogP contribution is 2.40. The van der Waals surface area contributed by atoms with Crippen LogP contribution in [0.5, 0.6) is 0 Å². The molecule has 2 fully saturated rings. The zero-order valence-corrected chi connectivity index (χ0v) is 16.1. The first-order valence-electron chi connectivity index (χ1n) is 9.75. The Hall–Kier alpha value is -2.96. The molecule has 3 aromatic rings. The summed E-state index contributed by atoms with van der Waals surface area (Å²) in [7, 11) is 0. The second kappa shape index (κ2) is 6.29. The van der Waals surface area contributed by atoms with Gasteiger partial charge in [0.1, 0.15) is 17.9 Å². The topological polar surface area (TPSA) is 84.2 Å². The molecule has 1 amide bonds. The van der Waals surface area contributed by atoms with Crippen LogP contribution < -0.4 is 5.32 Å². The van der Waals surface area contributed by atoms with Crippen LogP contribution in [0.2, 0.25) is 0 Å². The molecule has 0 bridgehead atoms. The molecular weight excluding hydrogens is 354 g/mol. The molecule has 144 valence electrons. The van der Waals surface area contributed by atoms with E-state index in [0.717, 1.165) is 25.8 Å². The third-order valence-corrected chi connectivity index (χ3v) is 5.93. The second-order valence-corrected chi connectivity index (χ2v) is 8.14. The predicted molar refractivity (Wildman–Crippen MR) is 105 cm³/mol. The van der Waals surface area contributed by atoms with Crippen molar-refractivity contribution in [2.75, 3.05) is 18.4 Å². The van der Waals surface area contributed by atoms with Gasteiger partial charge in [-0.15, -0.1) is 0 Å². The number of amides is 1. The molecule has 1 N–H and O–H groups in total. The molecule has 2 aliphatic rings. The van der Waals surface area contributed by atoms with Gasteiger partial charge in [0.25, 0.3) is 5.91 Å². The summed E-state index contributed by atoms with van der Waals surface area (Å²) in [6.45, 7) is 5.39. The Bertz CT molecular complexity index is 1040. The summed E-state index contributed by atoms with van der Waals surface area (Å²) in [5, 5.41) is 4.18. The van der Waals surface area contributed by atoms with Crippen LogP contribution in [-0.4, -0.2) is 44.4 Å². The van der Waals surface area contributed by atoms with Gasteiger partial charge in [0.15, 0.2) is 0 Å². The van der Waals surface area contributed by atoms with Crippen LogP contribution in [0.4, 0.5) is 5.82 Å². The van der Waals surface area contributed by atoms with Gasteiger partial charge >= 0.3 is 0 Å². The highest BCUT2D eigenvalue weighted by Gasteiger charge is 2.39. The quantitative estimate of drug-likeness (QED) is 0.749. The summed E-state index contributed by atoms with van der Waals surface area (Å²) in [6, 6.07) is 4.03. The van der Waals surface area contributed by atoms with Crippen LogP contribution in [-0.2, 0) is 0 Å². The zero-order valence-electron chi connectivity index (χ0n) is 16.1. The maximum atomic E-state index is 13.4. The number of likely N-dealkylation sites (tertiary alicyclic amines) is 1. The molecule has 1 atom stereocenters. The second-order valence-electron chi connectivity index (χ2n) is 8.14. The molecule has 7 nitrogen and oxygen atoms in total. The maximum absolute atomic E-state index is 13.4. The lowest BCUT2D eigenvalue weighted by Crippen LogP contribution is -2.29. The van der Waals surface area contributed by atoms with E-state index in [0.29, 0.717) is 40.7 Å². The van der Waals surface area contributed by atoms with Gasteiger partial charge in [0.2, 0.25) is 5.71 Å². The monoisotopic (exact) mass is 377 g/mol. The van der Waals surface area contributed by atoms with Crippen LogP contribution in [0.1, 0.15) is 53.8 Å². The lowest BCUT2D eigenvalue weighted by atomic mass is 10.0. The molecule has 1 aliphatic carbocycles. The van der Waals surface area contributed by atoms with Gasteiger partial charge in [-0.2, -0.15) is 0 Å². The number of nitrogens with zero attached hydrogens (tertiary/aromatic N) is 4. The fraction of sp³-hybridized carbons (Fsp3) is 0.429. The molecule has 28 heavy (non-hydrogen) atoms. The molecule has 5 rings (SSSR count). The Morgan fingerprint density at radius 3 is 2.96 bits per heavy atom. The van der Waals surface area contributed by atoms with Gasteiger partial charge in [-0.25, -0.2) is 9.97 Å². The van der Waals surface area contributed by atoms with Crippen molar-refractivity contribution in [1.29, 1.82) is 0 Å². The molecule has 1 aliphatic heterocycles. The van der Waals surface area contributed by atoms with Gasteiger partial charge in [0, 0.05) is 36.9 Å². The van der Waals surface area contributed by atoms with Crippen LogP contribution in [0.25, 0.3) is 11.1 Å². The summed E-state index contributed by atoms with van der Waals surface area (Å²) >= 11 is 0. The largest absolute Gasteiger partial charge is 0.442 e. The fourth-order valence-electron chi connectivity index (χ4n) is 3.99. The van der Waals surface area contributed by atoms with E-state index in [1.165, 1.54) is 11.9 Å². The molecule has 1 unspecified atom stereocenters. The van der Waals surface area contributed by atoms with Crippen LogP contribution in [0.3, 0.4) is 0 Å². The zero-order chi connectivity index (χ0) is 19.3. The Morgan fingerprint density at radius 1 is 1.36 bits per heavy atom. The normalized spacial score (nSPS) is 20.5. The summed E-state index contributed by atoms with van der Waals surface area (Å²) < 4.78 is 5.82. The highest BCUT2D eigenvalue weighted by molar-refractivity contribution is 6.10. The van der Waals surface area contributed by atoms with E-state index < -0.39 is 0 Å². The van der Waals surface area contributed by atoms with E-state index in [1.54, 1.807) is 6.20 Å². The van der Waals surface area contributed by atoms with Crippen molar-refractivity contribution in [3.05, 3.63) is 47.7 Å². The minimum atomic E-state index is -0.0126. The first-order valence-corrected chi connectivity index (χ1v) is 9.75. The lowest BCUT2D eigenvalue weighted by Gasteiger charge is -2.18. The van der Waals surface area contributed by atoms with E-state index >= 15 is 0 Å². The van der Waals surface area contributed by atoms with Crippen LogP contribution in [0.15, 0.2) is 35.3 Å². The Morgan fingerprint density at radius 2 is 2.21 bits per heavy atom. The molecule has 7 heteroatoms. The van der Waals surface area contributed by atoms with Gasteiger partial charge in [-0.05, 0) is 44.7 Å². The number of hydrogen-bond acceptors (Lipinski definition) is 6. The van der Waals surface area contributed by atoms with E-state index in [4.69, 9.17) is 4.42 Å². The van der Waals surface area contributed by atoms with Crippen molar-refractivity contribution in [2.24, 2.45) is 0 Å². The minimum absolute atomic E-state index is 0.0126. The number of carbonyl (C=O) groups excluding carboxylic acids is 1. The number of hydrogen-bond donors (Lipinski definition) is 1. The predicted octanol–water partition coefficient (Wildman–Crippen LogP) is 3.52. The minimum Gasteiger partial charge on any atom is -0.442 e. The fourth-order valence-corrected chi connectivity index (χ4v) is 3.99. The number of carbonyl (C=O) groups is 1. The van der Waals surface area contributed by atoms with E-state index in [1.807, 2.05) is 24.1 Å². The third kappa shape index (κ3) is 2.91. The van der Waals surface area contributed by atoms with E-state index in [2.05, 4.69) is 33.3 Å². The number of furan rings is 1. The molecular formula is C21H23N5O2.